The van der Waals surface area contributed by atoms with E-state index in [1.165, 1.54) is 11.0 Å². The van der Waals surface area contributed by atoms with Crippen LogP contribution in [-0.2, 0) is 19.6 Å². The fourth-order valence-electron chi connectivity index (χ4n) is 1.70. The molecule has 0 saturated heterocycles. The van der Waals surface area contributed by atoms with Crippen molar-refractivity contribution in [2.75, 3.05) is 13.1 Å². The van der Waals surface area contributed by atoms with Crippen LogP contribution < -0.4 is 4.72 Å². The third kappa shape index (κ3) is 3.78. The molecule has 2 N–H and O–H groups in total. The summed E-state index contributed by atoms with van der Waals surface area (Å²) in [6.45, 7) is -0.825. The van der Waals surface area contributed by atoms with Crippen LogP contribution in [0.5, 0.6) is 0 Å². The number of carboxylic acids is 1. The zero-order valence-electron chi connectivity index (χ0n) is 10.5. The van der Waals surface area contributed by atoms with Gasteiger partial charge in [0.25, 0.3) is 10.0 Å². The number of aliphatic carboxylic acids is 1. The Kier molecular flexibility index (Phi) is 4.41. The molecule has 7 nitrogen and oxygen atoms in total. The highest BCUT2D eigenvalue weighted by Crippen LogP contribution is 2.26. The van der Waals surface area contributed by atoms with Crippen LogP contribution in [0.15, 0.2) is 21.7 Å². The van der Waals surface area contributed by atoms with Crippen LogP contribution in [0.4, 0.5) is 0 Å². The number of amides is 1. The molecule has 2 rings (SSSR count). The number of nitrogens with one attached hydrogen (secondary N) is 1. The second-order valence-electron chi connectivity index (χ2n) is 4.40. The predicted molar refractivity (Wildman–Crippen MR) is 71.9 cm³/mol. The van der Waals surface area contributed by atoms with Gasteiger partial charge in [0.2, 0.25) is 5.91 Å². The van der Waals surface area contributed by atoms with Crippen LogP contribution in [0.25, 0.3) is 0 Å². The topological polar surface area (TPSA) is 104 Å². The van der Waals surface area contributed by atoms with Gasteiger partial charge in [0.15, 0.2) is 0 Å². The second kappa shape index (κ2) is 5.90. The van der Waals surface area contributed by atoms with Gasteiger partial charge in [-0.2, -0.15) is 0 Å². The van der Waals surface area contributed by atoms with Gasteiger partial charge in [-0.15, -0.1) is 11.3 Å². The molecule has 1 fully saturated rings. The van der Waals surface area contributed by atoms with Crippen molar-refractivity contribution in [2.24, 2.45) is 0 Å². The summed E-state index contributed by atoms with van der Waals surface area (Å²) in [5.41, 5.74) is 0. The third-order valence-electron chi connectivity index (χ3n) is 2.79. The van der Waals surface area contributed by atoms with Gasteiger partial charge in [0.1, 0.15) is 10.8 Å². The van der Waals surface area contributed by atoms with Crippen molar-refractivity contribution in [3.05, 3.63) is 17.5 Å². The quantitative estimate of drug-likeness (QED) is 0.742. The maximum absolute atomic E-state index is 11.9. The Hall–Kier alpha value is -1.45. The van der Waals surface area contributed by atoms with Crippen molar-refractivity contribution in [1.29, 1.82) is 0 Å². The van der Waals surface area contributed by atoms with Crippen LogP contribution in [-0.4, -0.2) is 49.4 Å². The second-order valence-corrected chi connectivity index (χ2v) is 7.34. The Morgan fingerprint density at radius 1 is 1.45 bits per heavy atom. The van der Waals surface area contributed by atoms with E-state index in [-0.39, 0.29) is 10.3 Å². The maximum Gasteiger partial charge on any atom is 0.323 e. The smallest absolute Gasteiger partial charge is 0.323 e. The van der Waals surface area contributed by atoms with Gasteiger partial charge in [0, 0.05) is 6.04 Å². The Morgan fingerprint density at radius 3 is 2.65 bits per heavy atom. The highest BCUT2D eigenvalue weighted by Gasteiger charge is 2.34. The van der Waals surface area contributed by atoms with Gasteiger partial charge < -0.3 is 10.0 Å². The molecule has 110 valence electrons. The van der Waals surface area contributed by atoms with Gasteiger partial charge in [-0.05, 0) is 24.3 Å². The standard InChI is InChI=1S/C11H14N2O5S2/c14-9(13(7-10(15)16)8-3-4-8)6-12-20(17,18)11-2-1-5-19-11/h1-2,5,8,12H,3-4,6-7H2,(H,15,16). The largest absolute Gasteiger partial charge is 0.480 e. The molecule has 0 radical (unpaired) electrons. The molecule has 1 heterocycles. The van der Waals surface area contributed by atoms with Crippen molar-refractivity contribution in [3.8, 4) is 0 Å². The monoisotopic (exact) mass is 318 g/mol. The molecule has 20 heavy (non-hydrogen) atoms. The van der Waals surface area contributed by atoms with Gasteiger partial charge in [-0.25, -0.2) is 13.1 Å². The first-order valence-corrected chi connectivity index (χ1v) is 8.31. The Labute approximate surface area is 120 Å². The van der Waals surface area contributed by atoms with E-state index >= 15 is 0 Å². The van der Waals surface area contributed by atoms with Crippen LogP contribution in [0.3, 0.4) is 0 Å². The van der Waals surface area contributed by atoms with Gasteiger partial charge in [-0.1, -0.05) is 6.07 Å². The minimum absolute atomic E-state index is 0.0789. The summed E-state index contributed by atoms with van der Waals surface area (Å²) in [6.07, 6.45) is 1.52. The summed E-state index contributed by atoms with van der Waals surface area (Å²) in [6, 6.07) is 2.96. The molecule has 1 aliphatic rings. The lowest BCUT2D eigenvalue weighted by Gasteiger charge is -2.20. The van der Waals surface area contributed by atoms with E-state index in [4.69, 9.17) is 5.11 Å². The molecule has 1 aromatic rings. The molecule has 9 heteroatoms. The van der Waals surface area contributed by atoms with Crippen molar-refractivity contribution < 1.29 is 23.1 Å². The van der Waals surface area contributed by atoms with Gasteiger partial charge in [0.05, 0.1) is 6.54 Å². The van der Waals surface area contributed by atoms with Gasteiger partial charge >= 0.3 is 5.97 Å². The molecule has 0 unspecified atom stereocenters. The van der Waals surface area contributed by atoms with E-state index in [2.05, 4.69) is 4.72 Å². The summed E-state index contributed by atoms with van der Waals surface area (Å²) in [5, 5.41) is 10.4. The van der Waals surface area contributed by atoms with E-state index in [0.29, 0.717) is 0 Å². The number of carbonyl (C=O) groups is 2. The summed E-state index contributed by atoms with van der Waals surface area (Å²) in [4.78, 5) is 23.8. The fourth-order valence-corrected chi connectivity index (χ4v) is 3.71. The minimum Gasteiger partial charge on any atom is -0.480 e. The lowest BCUT2D eigenvalue weighted by Crippen LogP contribution is -2.43. The Bertz CT molecular complexity index is 592. The molecule has 1 saturated carbocycles. The first kappa shape index (κ1) is 14.9. The van der Waals surface area contributed by atoms with Crippen LogP contribution in [0.1, 0.15) is 12.8 Å². The molecule has 0 aliphatic heterocycles. The molecular formula is C11H14N2O5S2. The molecule has 0 spiro atoms. The van der Waals surface area contributed by atoms with E-state index < -0.39 is 35.0 Å². The highest BCUT2D eigenvalue weighted by atomic mass is 32.2. The first-order valence-electron chi connectivity index (χ1n) is 5.94. The van der Waals surface area contributed by atoms with Crippen molar-refractivity contribution in [1.82, 2.24) is 9.62 Å². The number of carbonyl (C=O) groups excluding carboxylic acids is 1. The van der Waals surface area contributed by atoms with E-state index in [9.17, 15) is 18.0 Å². The van der Waals surface area contributed by atoms with Crippen molar-refractivity contribution in [3.63, 3.8) is 0 Å². The van der Waals surface area contributed by atoms with Crippen molar-refractivity contribution in [2.45, 2.75) is 23.1 Å². The predicted octanol–water partition coefficient (Wildman–Crippen LogP) is 0.102. The third-order valence-corrected chi connectivity index (χ3v) is 5.59. The van der Waals surface area contributed by atoms with Crippen LogP contribution >= 0.6 is 11.3 Å². The molecule has 1 aromatic heterocycles. The number of hydrogen-bond donors (Lipinski definition) is 2. The SMILES string of the molecule is O=C(O)CN(C(=O)CNS(=O)(=O)c1cccs1)C1CC1. The van der Waals surface area contributed by atoms with E-state index in [1.807, 2.05) is 0 Å². The van der Waals surface area contributed by atoms with Crippen molar-refractivity contribution >= 4 is 33.2 Å². The van der Waals surface area contributed by atoms with E-state index in [0.717, 1.165) is 24.2 Å². The molecule has 1 aliphatic carbocycles. The number of carboxylic acid groups (broad SMARTS) is 1. The minimum atomic E-state index is -3.71. The zero-order chi connectivity index (χ0) is 14.8. The van der Waals surface area contributed by atoms with Crippen LogP contribution in [0, 0.1) is 0 Å². The fraction of sp³-hybridized carbons (Fsp3) is 0.455. The summed E-state index contributed by atoms with van der Waals surface area (Å²) in [7, 11) is -3.71. The van der Waals surface area contributed by atoms with Gasteiger partial charge in [-0.3, -0.25) is 9.59 Å². The number of rotatable bonds is 7. The number of sulfonamides is 1. The number of thiophene rings is 1. The summed E-state index contributed by atoms with van der Waals surface area (Å²) < 4.78 is 26.0. The molecule has 0 aromatic carbocycles. The average molecular weight is 318 g/mol. The molecule has 0 bridgehead atoms. The number of nitrogens with zero attached hydrogens (tertiary/aromatic N) is 1. The average Bonchev–Trinajstić information content (AvgIpc) is 3.05. The Balaban J connectivity index is 1.95. The summed E-state index contributed by atoms with van der Waals surface area (Å²) in [5.74, 6) is -1.62. The highest BCUT2D eigenvalue weighted by molar-refractivity contribution is 7.91. The zero-order valence-corrected chi connectivity index (χ0v) is 12.1. The lowest BCUT2D eigenvalue weighted by atomic mass is 10.4. The van der Waals surface area contributed by atoms with Crippen LogP contribution in [0.2, 0.25) is 0 Å². The van der Waals surface area contributed by atoms with E-state index in [1.54, 1.807) is 11.4 Å². The maximum atomic E-state index is 11.9. The number of hydrogen-bond acceptors (Lipinski definition) is 5. The normalized spacial score (nSPS) is 15.0. The Morgan fingerprint density at radius 2 is 2.15 bits per heavy atom. The first-order chi connectivity index (χ1) is 9.40. The molecule has 0 atom stereocenters. The summed E-state index contributed by atoms with van der Waals surface area (Å²) >= 11 is 1.05. The lowest BCUT2D eigenvalue weighted by molar-refractivity contribution is -0.144. The molecule has 1 amide bonds. The molecular weight excluding hydrogens is 304 g/mol.